The standard InChI is InChI=1S/C18H25N5O2/c1-25-15-10-14(12-19-13-15)16-11-17(22-21-16)20-18(24)6-5-9-23-7-3-2-4-8-23/h10-13H,2-9H2,1H3,(H2,20,21,22,24). The van der Waals surface area contributed by atoms with Gasteiger partial charge in [0.05, 0.1) is 19.0 Å². The fourth-order valence-electron chi connectivity index (χ4n) is 3.06. The molecule has 134 valence electrons. The average Bonchev–Trinajstić information content (AvgIpc) is 3.11. The quantitative estimate of drug-likeness (QED) is 0.807. The molecule has 2 N–H and O–H groups in total. The third kappa shape index (κ3) is 5.03. The van der Waals surface area contributed by atoms with Crippen molar-refractivity contribution in [2.75, 3.05) is 32.1 Å². The third-order valence-electron chi connectivity index (χ3n) is 4.43. The van der Waals surface area contributed by atoms with Crippen LogP contribution in [0, 0.1) is 0 Å². The summed E-state index contributed by atoms with van der Waals surface area (Å²) in [6.07, 6.45) is 8.65. The number of methoxy groups -OCH3 is 1. The molecule has 3 heterocycles. The zero-order chi connectivity index (χ0) is 17.5. The predicted molar refractivity (Wildman–Crippen MR) is 96.5 cm³/mol. The van der Waals surface area contributed by atoms with Gasteiger partial charge in [-0.3, -0.25) is 14.9 Å². The lowest BCUT2D eigenvalue weighted by Crippen LogP contribution is -2.31. The lowest BCUT2D eigenvalue weighted by Gasteiger charge is -2.26. The van der Waals surface area contributed by atoms with E-state index in [1.165, 1.54) is 32.4 Å². The molecule has 0 unspecified atom stereocenters. The van der Waals surface area contributed by atoms with Crippen LogP contribution in [0.2, 0.25) is 0 Å². The Balaban J connectivity index is 1.48. The fourth-order valence-corrected chi connectivity index (χ4v) is 3.06. The van der Waals surface area contributed by atoms with Crippen LogP contribution in [-0.2, 0) is 4.79 Å². The van der Waals surface area contributed by atoms with Crippen molar-refractivity contribution in [2.24, 2.45) is 0 Å². The lowest BCUT2D eigenvalue weighted by atomic mass is 10.1. The number of likely N-dealkylation sites (tertiary alicyclic amines) is 1. The van der Waals surface area contributed by atoms with Crippen molar-refractivity contribution in [2.45, 2.75) is 32.1 Å². The summed E-state index contributed by atoms with van der Waals surface area (Å²) < 4.78 is 5.17. The number of piperidine rings is 1. The van der Waals surface area contributed by atoms with Gasteiger partial charge in [-0.1, -0.05) is 6.42 Å². The summed E-state index contributed by atoms with van der Waals surface area (Å²) in [4.78, 5) is 18.7. The van der Waals surface area contributed by atoms with E-state index in [4.69, 9.17) is 4.74 Å². The highest BCUT2D eigenvalue weighted by molar-refractivity contribution is 5.90. The van der Waals surface area contributed by atoms with Crippen molar-refractivity contribution in [1.29, 1.82) is 0 Å². The van der Waals surface area contributed by atoms with Gasteiger partial charge in [0.25, 0.3) is 0 Å². The van der Waals surface area contributed by atoms with Crippen molar-refractivity contribution in [1.82, 2.24) is 20.1 Å². The largest absolute Gasteiger partial charge is 0.495 e. The first-order valence-electron chi connectivity index (χ1n) is 8.81. The number of anilines is 1. The van der Waals surface area contributed by atoms with Crippen LogP contribution in [0.15, 0.2) is 24.5 Å². The maximum atomic E-state index is 12.1. The van der Waals surface area contributed by atoms with Crippen LogP contribution >= 0.6 is 0 Å². The summed E-state index contributed by atoms with van der Waals surface area (Å²) in [7, 11) is 1.60. The second kappa shape index (κ2) is 8.62. The molecule has 0 saturated carbocycles. The van der Waals surface area contributed by atoms with Crippen LogP contribution in [0.3, 0.4) is 0 Å². The normalized spacial score (nSPS) is 15.1. The Morgan fingerprint density at radius 2 is 2.12 bits per heavy atom. The molecule has 2 aromatic heterocycles. The molecular formula is C18H25N5O2. The number of amides is 1. The van der Waals surface area contributed by atoms with Gasteiger partial charge >= 0.3 is 0 Å². The number of rotatable bonds is 7. The van der Waals surface area contributed by atoms with Gasteiger partial charge in [-0.05, 0) is 45.0 Å². The smallest absolute Gasteiger partial charge is 0.225 e. The Morgan fingerprint density at radius 1 is 1.28 bits per heavy atom. The number of nitrogens with one attached hydrogen (secondary N) is 2. The van der Waals surface area contributed by atoms with Gasteiger partial charge in [-0.2, -0.15) is 5.10 Å². The number of carbonyl (C=O) groups excluding carboxylic acids is 1. The molecular weight excluding hydrogens is 318 g/mol. The number of ether oxygens (including phenoxy) is 1. The van der Waals surface area contributed by atoms with Crippen molar-refractivity contribution in [3.8, 4) is 17.0 Å². The summed E-state index contributed by atoms with van der Waals surface area (Å²) >= 11 is 0. The minimum atomic E-state index is -0.00109. The molecule has 0 radical (unpaired) electrons. The number of H-pyrrole nitrogens is 1. The molecule has 0 aliphatic carbocycles. The van der Waals surface area contributed by atoms with Gasteiger partial charge in [0, 0.05) is 24.2 Å². The van der Waals surface area contributed by atoms with E-state index in [9.17, 15) is 4.79 Å². The zero-order valence-electron chi connectivity index (χ0n) is 14.6. The number of aromatic amines is 1. The number of hydrogen-bond donors (Lipinski definition) is 2. The zero-order valence-corrected chi connectivity index (χ0v) is 14.6. The second-order valence-electron chi connectivity index (χ2n) is 6.33. The molecule has 0 spiro atoms. The van der Waals surface area contributed by atoms with E-state index in [2.05, 4.69) is 25.4 Å². The summed E-state index contributed by atoms with van der Waals surface area (Å²) in [5.41, 5.74) is 1.65. The van der Waals surface area contributed by atoms with Gasteiger partial charge in [0.2, 0.25) is 5.91 Å². The van der Waals surface area contributed by atoms with E-state index >= 15 is 0 Å². The Morgan fingerprint density at radius 3 is 2.92 bits per heavy atom. The molecule has 7 heteroatoms. The maximum absolute atomic E-state index is 12.1. The number of hydrogen-bond acceptors (Lipinski definition) is 5. The number of aromatic nitrogens is 3. The van der Waals surface area contributed by atoms with Gasteiger partial charge in [0.15, 0.2) is 5.82 Å². The van der Waals surface area contributed by atoms with Crippen LogP contribution in [0.25, 0.3) is 11.3 Å². The van der Waals surface area contributed by atoms with E-state index in [0.29, 0.717) is 18.0 Å². The van der Waals surface area contributed by atoms with Crippen LogP contribution in [0.1, 0.15) is 32.1 Å². The van der Waals surface area contributed by atoms with E-state index in [1.54, 1.807) is 25.6 Å². The Kier molecular flexibility index (Phi) is 6.00. The Hall–Kier alpha value is -2.41. The van der Waals surface area contributed by atoms with Gasteiger partial charge in [0.1, 0.15) is 5.75 Å². The van der Waals surface area contributed by atoms with Crippen LogP contribution in [0.5, 0.6) is 5.75 Å². The highest BCUT2D eigenvalue weighted by atomic mass is 16.5. The SMILES string of the molecule is COc1cncc(-c2cc(NC(=O)CCCN3CCCCC3)n[nH]2)c1. The number of carbonyl (C=O) groups is 1. The molecule has 7 nitrogen and oxygen atoms in total. The topological polar surface area (TPSA) is 83.1 Å². The average molecular weight is 343 g/mol. The summed E-state index contributed by atoms with van der Waals surface area (Å²) in [5.74, 6) is 1.20. The maximum Gasteiger partial charge on any atom is 0.225 e. The van der Waals surface area contributed by atoms with Crippen LogP contribution < -0.4 is 10.1 Å². The summed E-state index contributed by atoms with van der Waals surface area (Å²) in [6.45, 7) is 3.33. The minimum absolute atomic E-state index is 0.00109. The number of nitrogens with zero attached hydrogens (tertiary/aromatic N) is 3. The second-order valence-corrected chi connectivity index (χ2v) is 6.33. The first-order chi connectivity index (χ1) is 12.2. The minimum Gasteiger partial charge on any atom is -0.495 e. The Bertz CT molecular complexity index is 694. The molecule has 0 atom stereocenters. The molecule has 25 heavy (non-hydrogen) atoms. The first-order valence-corrected chi connectivity index (χ1v) is 8.81. The highest BCUT2D eigenvalue weighted by Crippen LogP contribution is 2.22. The van der Waals surface area contributed by atoms with E-state index < -0.39 is 0 Å². The van der Waals surface area contributed by atoms with Gasteiger partial charge in [-0.25, -0.2) is 0 Å². The van der Waals surface area contributed by atoms with Gasteiger partial charge in [-0.15, -0.1) is 0 Å². The molecule has 1 aliphatic rings. The van der Waals surface area contributed by atoms with Crippen molar-refractivity contribution in [3.63, 3.8) is 0 Å². The summed E-state index contributed by atoms with van der Waals surface area (Å²) in [5, 5.41) is 9.91. The first kappa shape index (κ1) is 17.4. The monoisotopic (exact) mass is 343 g/mol. The fraction of sp³-hybridized carbons (Fsp3) is 0.500. The third-order valence-corrected chi connectivity index (χ3v) is 4.43. The summed E-state index contributed by atoms with van der Waals surface area (Å²) in [6, 6.07) is 3.67. The van der Waals surface area contributed by atoms with E-state index in [-0.39, 0.29) is 5.91 Å². The predicted octanol–water partition coefficient (Wildman–Crippen LogP) is 2.68. The highest BCUT2D eigenvalue weighted by Gasteiger charge is 2.12. The van der Waals surface area contributed by atoms with Crippen molar-refractivity contribution >= 4 is 11.7 Å². The molecule has 3 rings (SSSR count). The molecule has 1 saturated heterocycles. The van der Waals surface area contributed by atoms with Crippen molar-refractivity contribution < 1.29 is 9.53 Å². The molecule has 1 fully saturated rings. The molecule has 2 aromatic rings. The van der Waals surface area contributed by atoms with Crippen LogP contribution in [0.4, 0.5) is 5.82 Å². The van der Waals surface area contributed by atoms with Crippen LogP contribution in [-0.4, -0.2) is 52.7 Å². The van der Waals surface area contributed by atoms with Crippen molar-refractivity contribution in [3.05, 3.63) is 24.5 Å². The molecule has 0 aromatic carbocycles. The van der Waals surface area contributed by atoms with E-state index in [1.807, 2.05) is 6.07 Å². The molecule has 1 amide bonds. The molecule has 0 bridgehead atoms. The lowest BCUT2D eigenvalue weighted by molar-refractivity contribution is -0.116. The Labute approximate surface area is 147 Å². The molecule has 1 aliphatic heterocycles. The van der Waals surface area contributed by atoms with Gasteiger partial charge < -0.3 is 15.0 Å². The number of pyridine rings is 1. The van der Waals surface area contributed by atoms with E-state index in [0.717, 1.165) is 24.2 Å².